The van der Waals surface area contributed by atoms with E-state index in [4.69, 9.17) is 21.9 Å². The Bertz CT molecular complexity index is 717. The Morgan fingerprint density at radius 2 is 2.08 bits per heavy atom. The Balaban J connectivity index is 2.41. The van der Waals surface area contributed by atoms with Crippen LogP contribution in [0.4, 0.5) is 4.79 Å². The van der Waals surface area contributed by atoms with Crippen LogP contribution in [0.2, 0.25) is 0 Å². The lowest BCUT2D eigenvalue weighted by Crippen LogP contribution is -2.62. The van der Waals surface area contributed by atoms with Gasteiger partial charge in [0, 0.05) is 12.1 Å². The van der Waals surface area contributed by atoms with E-state index in [-0.39, 0.29) is 18.8 Å². The fourth-order valence-corrected chi connectivity index (χ4v) is 2.90. The number of hydrogen-bond acceptors (Lipinski definition) is 7. The van der Waals surface area contributed by atoms with Crippen molar-refractivity contribution in [3.05, 3.63) is 36.3 Å². The summed E-state index contributed by atoms with van der Waals surface area (Å²) in [6.45, 7) is 5.92. The lowest BCUT2D eigenvalue weighted by atomic mass is 9.85. The number of nitrogens with zero attached hydrogens (tertiary/aromatic N) is 2. The smallest absolute Gasteiger partial charge is 0.414 e. The van der Waals surface area contributed by atoms with E-state index >= 15 is 0 Å². The highest BCUT2D eigenvalue weighted by Gasteiger charge is 2.53. The molecule has 2 unspecified atom stereocenters. The number of quaternary nitrogens is 1. The van der Waals surface area contributed by atoms with Crippen LogP contribution < -0.4 is 17.2 Å². The first kappa shape index (κ1) is 20.0. The summed E-state index contributed by atoms with van der Waals surface area (Å²) in [4.78, 5) is 30.4. The molecule has 142 valence electrons. The Morgan fingerprint density at radius 3 is 2.65 bits per heavy atom. The van der Waals surface area contributed by atoms with Gasteiger partial charge in [0.15, 0.2) is 0 Å². The number of amides is 1. The predicted octanol–water partition coefficient (Wildman–Crippen LogP) is 1.04. The van der Waals surface area contributed by atoms with Crippen LogP contribution in [0, 0.1) is 0 Å². The molecule has 6 N–H and O–H groups in total. The number of amidine groups is 1. The molecule has 8 heteroatoms. The number of aliphatic imine (C=N–C) groups is 1. The Kier molecular flexibility index (Phi) is 5.50. The van der Waals surface area contributed by atoms with Gasteiger partial charge < -0.3 is 21.9 Å². The van der Waals surface area contributed by atoms with Gasteiger partial charge in [-0.3, -0.25) is 4.79 Å². The van der Waals surface area contributed by atoms with Crippen molar-refractivity contribution in [3.63, 3.8) is 0 Å². The number of Topliss-reactive ketones (excluding diaryl/α,β-unsaturated/α-hetero) is 1. The molecule has 2 rings (SSSR count). The Morgan fingerprint density at radius 1 is 1.38 bits per heavy atom. The zero-order chi connectivity index (χ0) is 19.6. The molecule has 0 saturated heterocycles. The Hall–Kier alpha value is -2.29. The van der Waals surface area contributed by atoms with Crippen LogP contribution >= 0.6 is 0 Å². The van der Waals surface area contributed by atoms with Gasteiger partial charge >= 0.3 is 6.09 Å². The van der Waals surface area contributed by atoms with Crippen molar-refractivity contribution in [2.75, 3.05) is 13.1 Å². The lowest BCUT2D eigenvalue weighted by Gasteiger charge is -2.33. The molecule has 8 nitrogen and oxygen atoms in total. The predicted molar refractivity (Wildman–Crippen MR) is 99.6 cm³/mol. The monoisotopic (exact) mass is 362 g/mol. The molecular weight excluding hydrogens is 334 g/mol. The van der Waals surface area contributed by atoms with Crippen molar-refractivity contribution in [1.29, 1.82) is 0 Å². The number of nitrogens with two attached hydrogens (primary N) is 3. The van der Waals surface area contributed by atoms with Crippen molar-refractivity contribution in [3.8, 4) is 0 Å². The third-order valence-corrected chi connectivity index (χ3v) is 4.15. The second-order valence-electron chi connectivity index (χ2n) is 7.59. The van der Waals surface area contributed by atoms with E-state index in [1.165, 1.54) is 12.3 Å². The highest BCUT2D eigenvalue weighted by atomic mass is 16.6. The van der Waals surface area contributed by atoms with Gasteiger partial charge in [0.05, 0.1) is 6.20 Å². The standard InChI is InChI=1S/C18H28N5O3/c1-17(2,3)26-16(25)23(10-5-8-19)11-9-22-15(23)14(24)18(21)7-4-6-13(20)12-18/h4,6,9,11-12H,5,7-8,10,19-21H2,1-3H3/q+1. The summed E-state index contributed by atoms with van der Waals surface area (Å²) in [5.41, 5.74) is 16.1. The van der Waals surface area contributed by atoms with Crippen molar-refractivity contribution in [1.82, 2.24) is 0 Å². The van der Waals surface area contributed by atoms with Gasteiger partial charge in [-0.15, -0.1) is 4.48 Å². The summed E-state index contributed by atoms with van der Waals surface area (Å²) in [5.74, 6) is -0.438. The number of ketones is 1. The second-order valence-corrected chi connectivity index (χ2v) is 7.59. The van der Waals surface area contributed by atoms with E-state index in [1.54, 1.807) is 39.1 Å². The molecular formula is C18H28N5O3+. The van der Waals surface area contributed by atoms with Crippen LogP contribution in [0.1, 0.15) is 33.6 Å². The molecule has 0 aromatic carbocycles. The minimum Gasteiger partial charge on any atom is -0.414 e. The molecule has 0 fully saturated rings. The van der Waals surface area contributed by atoms with Crippen molar-refractivity contribution >= 4 is 17.7 Å². The van der Waals surface area contributed by atoms with E-state index in [0.717, 1.165) is 0 Å². The van der Waals surface area contributed by atoms with E-state index in [2.05, 4.69) is 4.99 Å². The topological polar surface area (TPSA) is 134 Å². The zero-order valence-corrected chi connectivity index (χ0v) is 15.6. The first-order chi connectivity index (χ1) is 12.0. The number of carbonyl (C=O) groups is 2. The van der Waals surface area contributed by atoms with Crippen LogP contribution in [-0.4, -0.2) is 46.4 Å². The first-order valence-electron chi connectivity index (χ1n) is 8.60. The minimum absolute atomic E-state index is 0.0227. The van der Waals surface area contributed by atoms with Gasteiger partial charge in [-0.2, -0.15) is 9.79 Å². The Labute approximate surface area is 153 Å². The summed E-state index contributed by atoms with van der Waals surface area (Å²) in [6.07, 6.45) is 8.11. The van der Waals surface area contributed by atoms with Crippen molar-refractivity contribution in [2.45, 2.75) is 44.8 Å². The summed E-state index contributed by atoms with van der Waals surface area (Å²) >= 11 is 0. The number of allylic oxidation sites excluding steroid dienone is 1. The van der Waals surface area contributed by atoms with Crippen LogP contribution in [0.25, 0.3) is 0 Å². The van der Waals surface area contributed by atoms with Gasteiger partial charge in [0.1, 0.15) is 23.9 Å². The minimum atomic E-state index is -1.35. The molecule has 1 amide bonds. The summed E-state index contributed by atoms with van der Waals surface area (Å²) in [7, 11) is 0. The summed E-state index contributed by atoms with van der Waals surface area (Å²) in [6, 6.07) is 0. The molecule has 1 aliphatic heterocycles. The third-order valence-electron chi connectivity index (χ3n) is 4.15. The summed E-state index contributed by atoms with van der Waals surface area (Å²) < 4.78 is 5.10. The van der Waals surface area contributed by atoms with Crippen LogP contribution in [-0.2, 0) is 9.53 Å². The van der Waals surface area contributed by atoms with E-state index < -0.39 is 27.5 Å². The second kappa shape index (κ2) is 7.14. The maximum atomic E-state index is 13.2. The molecule has 26 heavy (non-hydrogen) atoms. The quantitative estimate of drug-likeness (QED) is 0.626. The SMILES string of the molecule is CC(C)(C)OC(=O)[N+]1(CCCN)C=CN=C1C(=O)C1(N)C=C(N)C=CC1. The maximum Gasteiger partial charge on any atom is 0.527 e. The van der Waals surface area contributed by atoms with Gasteiger partial charge in [-0.05, 0) is 45.9 Å². The highest BCUT2D eigenvalue weighted by Crippen LogP contribution is 2.28. The highest BCUT2D eigenvalue weighted by molar-refractivity contribution is 6.41. The number of rotatable bonds is 5. The fourth-order valence-electron chi connectivity index (χ4n) is 2.90. The van der Waals surface area contributed by atoms with Crippen LogP contribution in [0.15, 0.2) is 41.3 Å². The number of carbonyl (C=O) groups excluding carboxylic acids is 2. The molecule has 1 heterocycles. The fraction of sp³-hybridized carbons (Fsp3) is 0.500. The van der Waals surface area contributed by atoms with Gasteiger partial charge in [-0.1, -0.05) is 6.08 Å². The molecule has 2 aliphatic rings. The molecule has 0 spiro atoms. The molecule has 0 saturated carbocycles. The lowest BCUT2D eigenvalue weighted by molar-refractivity contribution is -0.708. The molecule has 1 aliphatic carbocycles. The maximum absolute atomic E-state index is 13.2. The number of ether oxygens (including phenoxy) is 1. The molecule has 2 atom stereocenters. The van der Waals surface area contributed by atoms with Gasteiger partial charge in [-0.25, -0.2) is 0 Å². The van der Waals surface area contributed by atoms with Crippen molar-refractivity contribution < 1.29 is 18.8 Å². The van der Waals surface area contributed by atoms with E-state index in [0.29, 0.717) is 18.7 Å². The summed E-state index contributed by atoms with van der Waals surface area (Å²) in [5, 5.41) is 0. The molecule has 0 radical (unpaired) electrons. The van der Waals surface area contributed by atoms with Crippen LogP contribution in [0.5, 0.6) is 0 Å². The third kappa shape index (κ3) is 3.92. The van der Waals surface area contributed by atoms with Gasteiger partial charge in [0.2, 0.25) is 0 Å². The van der Waals surface area contributed by atoms with E-state index in [1.807, 2.05) is 0 Å². The van der Waals surface area contributed by atoms with Crippen molar-refractivity contribution in [2.24, 2.45) is 22.2 Å². The average molecular weight is 362 g/mol. The number of hydrogen-bond donors (Lipinski definition) is 3. The molecule has 0 aromatic rings. The van der Waals surface area contributed by atoms with Crippen LogP contribution in [0.3, 0.4) is 0 Å². The molecule has 0 aromatic heterocycles. The average Bonchev–Trinajstić information content (AvgIpc) is 2.95. The van der Waals surface area contributed by atoms with E-state index in [9.17, 15) is 9.59 Å². The normalized spacial score (nSPS) is 27.9. The first-order valence-corrected chi connectivity index (χ1v) is 8.60. The van der Waals surface area contributed by atoms with Gasteiger partial charge in [0.25, 0.3) is 11.6 Å². The zero-order valence-electron chi connectivity index (χ0n) is 15.6. The largest absolute Gasteiger partial charge is 0.527 e. The molecule has 0 bridgehead atoms.